The lowest BCUT2D eigenvalue weighted by atomic mass is 9.77. The summed E-state index contributed by atoms with van der Waals surface area (Å²) in [4.78, 5) is 2.81. The van der Waals surface area contributed by atoms with Gasteiger partial charge in [-0.25, -0.2) is 0 Å². The quantitative estimate of drug-likeness (QED) is 0.810. The molecule has 1 aliphatic heterocycles. The molecule has 2 nitrogen and oxygen atoms in total. The molecular formula is C15H30N2. The van der Waals surface area contributed by atoms with Crippen LogP contribution in [-0.4, -0.2) is 37.6 Å². The Bertz CT molecular complexity index is 235. The maximum atomic E-state index is 3.34. The second-order valence-electron chi connectivity index (χ2n) is 6.92. The summed E-state index contributed by atoms with van der Waals surface area (Å²) in [6, 6.07) is 0.911. The van der Waals surface area contributed by atoms with Crippen molar-refractivity contribution in [2.75, 3.05) is 26.7 Å². The van der Waals surface area contributed by atoms with Gasteiger partial charge in [0.25, 0.3) is 0 Å². The van der Waals surface area contributed by atoms with E-state index in [1.54, 1.807) is 0 Å². The normalized spacial score (nSPS) is 31.2. The monoisotopic (exact) mass is 238 g/mol. The van der Waals surface area contributed by atoms with E-state index in [0.29, 0.717) is 5.41 Å². The van der Waals surface area contributed by atoms with E-state index in [0.717, 1.165) is 18.5 Å². The molecule has 0 aromatic rings. The number of fused-ring (bicyclic) bond motifs is 1. The molecular weight excluding hydrogens is 208 g/mol. The van der Waals surface area contributed by atoms with Crippen molar-refractivity contribution >= 4 is 0 Å². The molecule has 0 bridgehead atoms. The van der Waals surface area contributed by atoms with Gasteiger partial charge in [0.1, 0.15) is 0 Å². The Kier molecular flexibility index (Phi) is 4.48. The summed E-state index contributed by atoms with van der Waals surface area (Å²) in [5.41, 5.74) is 0.411. The topological polar surface area (TPSA) is 15.3 Å². The molecule has 17 heavy (non-hydrogen) atoms. The fraction of sp³-hybridized carbons (Fsp3) is 1.00. The summed E-state index contributed by atoms with van der Waals surface area (Å²) in [5.74, 6) is 1.02. The zero-order valence-electron chi connectivity index (χ0n) is 12.0. The summed E-state index contributed by atoms with van der Waals surface area (Å²) in [6.45, 7) is 8.54. The van der Waals surface area contributed by atoms with Crippen LogP contribution in [0.3, 0.4) is 0 Å². The molecule has 100 valence electrons. The Morgan fingerprint density at radius 3 is 2.59 bits per heavy atom. The van der Waals surface area contributed by atoms with Gasteiger partial charge in [0, 0.05) is 19.1 Å². The molecule has 0 amide bonds. The molecule has 1 heterocycles. The van der Waals surface area contributed by atoms with Gasteiger partial charge in [-0.1, -0.05) is 26.7 Å². The molecule has 0 aromatic heterocycles. The van der Waals surface area contributed by atoms with Crippen LogP contribution >= 0.6 is 0 Å². The fourth-order valence-corrected chi connectivity index (χ4v) is 4.01. The molecule has 1 aliphatic carbocycles. The van der Waals surface area contributed by atoms with Gasteiger partial charge in [0.05, 0.1) is 0 Å². The Labute approximate surface area is 107 Å². The molecule has 2 rings (SSSR count). The summed E-state index contributed by atoms with van der Waals surface area (Å²) >= 11 is 0. The summed E-state index contributed by atoms with van der Waals surface area (Å²) in [5, 5.41) is 3.34. The highest BCUT2D eigenvalue weighted by atomic mass is 15.2. The first-order valence-electron chi connectivity index (χ1n) is 7.51. The van der Waals surface area contributed by atoms with E-state index >= 15 is 0 Å². The number of nitrogens with one attached hydrogen (secondary N) is 1. The smallest absolute Gasteiger partial charge is 0.0124 e. The highest BCUT2D eigenvalue weighted by Crippen LogP contribution is 2.36. The molecule has 0 unspecified atom stereocenters. The Hall–Kier alpha value is -0.0800. The molecule has 2 atom stereocenters. The zero-order valence-corrected chi connectivity index (χ0v) is 12.0. The number of hydrogen-bond donors (Lipinski definition) is 1. The largest absolute Gasteiger partial charge is 0.319 e. The van der Waals surface area contributed by atoms with Crippen molar-refractivity contribution in [1.29, 1.82) is 0 Å². The Morgan fingerprint density at radius 2 is 1.82 bits per heavy atom. The summed E-state index contributed by atoms with van der Waals surface area (Å²) in [7, 11) is 2.07. The van der Waals surface area contributed by atoms with Gasteiger partial charge in [0.15, 0.2) is 0 Å². The van der Waals surface area contributed by atoms with E-state index < -0.39 is 0 Å². The van der Waals surface area contributed by atoms with Crippen LogP contribution in [0.2, 0.25) is 0 Å². The molecule has 0 radical (unpaired) electrons. The predicted octanol–water partition coefficient (Wildman–Crippen LogP) is 2.89. The van der Waals surface area contributed by atoms with Crippen LogP contribution in [0.1, 0.15) is 52.4 Å². The third-order valence-corrected chi connectivity index (χ3v) is 4.64. The molecule has 2 aliphatic rings. The third kappa shape index (κ3) is 3.45. The Morgan fingerprint density at radius 1 is 1.12 bits per heavy atom. The number of nitrogens with zero attached hydrogens (tertiary/aromatic N) is 1. The SMILES string of the molecule is CNCC(C)(C)CN1CCC[C@H]2CCCC[C@H]21. The van der Waals surface area contributed by atoms with Gasteiger partial charge in [0.2, 0.25) is 0 Å². The number of piperidine rings is 1. The zero-order chi connectivity index (χ0) is 12.3. The molecule has 1 saturated carbocycles. The van der Waals surface area contributed by atoms with Gasteiger partial charge >= 0.3 is 0 Å². The maximum absolute atomic E-state index is 3.34. The minimum atomic E-state index is 0.411. The standard InChI is InChI=1S/C15H30N2/c1-15(2,11-16-3)12-17-10-6-8-13-7-4-5-9-14(13)17/h13-14,16H,4-12H2,1-3H3/t13-,14-/m1/s1. The van der Waals surface area contributed by atoms with Crippen LogP contribution in [-0.2, 0) is 0 Å². The average molecular weight is 238 g/mol. The van der Waals surface area contributed by atoms with E-state index in [9.17, 15) is 0 Å². The van der Waals surface area contributed by atoms with Crippen LogP contribution in [0.15, 0.2) is 0 Å². The second kappa shape index (κ2) is 5.71. The van der Waals surface area contributed by atoms with Crippen molar-refractivity contribution in [1.82, 2.24) is 10.2 Å². The van der Waals surface area contributed by atoms with Crippen molar-refractivity contribution in [2.24, 2.45) is 11.3 Å². The highest BCUT2D eigenvalue weighted by Gasteiger charge is 2.35. The average Bonchev–Trinajstić information content (AvgIpc) is 2.29. The minimum absolute atomic E-state index is 0.411. The first-order chi connectivity index (χ1) is 8.12. The van der Waals surface area contributed by atoms with E-state index in [4.69, 9.17) is 0 Å². The first kappa shape index (κ1) is 13.4. The fourth-order valence-electron chi connectivity index (χ4n) is 4.01. The number of hydrogen-bond acceptors (Lipinski definition) is 2. The van der Waals surface area contributed by atoms with E-state index in [1.807, 2.05) is 0 Å². The summed E-state index contributed by atoms with van der Waals surface area (Å²) in [6.07, 6.45) is 8.82. The van der Waals surface area contributed by atoms with Gasteiger partial charge in [-0.05, 0) is 50.6 Å². The second-order valence-corrected chi connectivity index (χ2v) is 6.92. The van der Waals surface area contributed by atoms with Crippen LogP contribution in [0.4, 0.5) is 0 Å². The van der Waals surface area contributed by atoms with Crippen molar-refractivity contribution < 1.29 is 0 Å². The molecule has 2 heteroatoms. The van der Waals surface area contributed by atoms with Crippen LogP contribution in [0.25, 0.3) is 0 Å². The minimum Gasteiger partial charge on any atom is -0.319 e. The van der Waals surface area contributed by atoms with Crippen LogP contribution in [0.5, 0.6) is 0 Å². The summed E-state index contributed by atoms with van der Waals surface area (Å²) < 4.78 is 0. The number of likely N-dealkylation sites (tertiary alicyclic amines) is 1. The molecule has 1 N–H and O–H groups in total. The molecule has 1 saturated heterocycles. The first-order valence-corrected chi connectivity index (χ1v) is 7.51. The van der Waals surface area contributed by atoms with Gasteiger partial charge in [-0.3, -0.25) is 4.90 Å². The van der Waals surface area contributed by atoms with Crippen LogP contribution in [0, 0.1) is 11.3 Å². The number of rotatable bonds is 4. The van der Waals surface area contributed by atoms with Gasteiger partial charge < -0.3 is 5.32 Å². The predicted molar refractivity (Wildman–Crippen MR) is 74.3 cm³/mol. The highest BCUT2D eigenvalue weighted by molar-refractivity contribution is 4.89. The van der Waals surface area contributed by atoms with Crippen molar-refractivity contribution in [3.8, 4) is 0 Å². The third-order valence-electron chi connectivity index (χ3n) is 4.64. The maximum Gasteiger partial charge on any atom is 0.0124 e. The lowest BCUT2D eigenvalue weighted by Gasteiger charge is -2.46. The van der Waals surface area contributed by atoms with E-state index in [1.165, 1.54) is 51.6 Å². The van der Waals surface area contributed by atoms with Gasteiger partial charge in [-0.2, -0.15) is 0 Å². The Balaban J connectivity index is 1.94. The molecule has 0 spiro atoms. The van der Waals surface area contributed by atoms with Crippen molar-refractivity contribution in [3.63, 3.8) is 0 Å². The van der Waals surface area contributed by atoms with E-state index in [-0.39, 0.29) is 0 Å². The molecule has 0 aromatic carbocycles. The van der Waals surface area contributed by atoms with Crippen molar-refractivity contribution in [2.45, 2.75) is 58.4 Å². The lowest BCUT2D eigenvalue weighted by Crippen LogP contribution is -2.51. The van der Waals surface area contributed by atoms with Crippen LogP contribution < -0.4 is 5.32 Å². The molecule has 2 fully saturated rings. The van der Waals surface area contributed by atoms with Gasteiger partial charge in [-0.15, -0.1) is 0 Å². The van der Waals surface area contributed by atoms with E-state index in [2.05, 4.69) is 31.1 Å². The lowest BCUT2D eigenvalue weighted by molar-refractivity contribution is 0.0325. The van der Waals surface area contributed by atoms with Crippen molar-refractivity contribution in [3.05, 3.63) is 0 Å².